The minimum Gasteiger partial charge on any atom is -0.497 e. The number of nitro benzene ring substituents is 2. The van der Waals surface area contributed by atoms with E-state index in [-0.39, 0.29) is 11.1 Å². The van der Waals surface area contributed by atoms with Crippen LogP contribution in [0.25, 0.3) is 0 Å². The van der Waals surface area contributed by atoms with Crippen LogP contribution in [0.15, 0.2) is 36.4 Å². The van der Waals surface area contributed by atoms with Gasteiger partial charge in [-0.2, -0.15) is 0 Å². The average Bonchev–Trinajstić information content (AvgIpc) is 2.73. The molecule has 0 bridgehead atoms. The molecule has 10 heteroatoms. The molecule has 30 heavy (non-hydrogen) atoms. The zero-order valence-electron chi connectivity index (χ0n) is 16.7. The maximum absolute atomic E-state index is 12.9. The Morgan fingerprint density at radius 1 is 1.03 bits per heavy atom. The number of benzene rings is 2. The Kier molecular flexibility index (Phi) is 6.26. The Morgan fingerprint density at radius 2 is 1.63 bits per heavy atom. The lowest BCUT2D eigenvalue weighted by Crippen LogP contribution is -2.48. The molecule has 1 aliphatic rings. The third-order valence-electron chi connectivity index (χ3n) is 5.19. The molecule has 1 fully saturated rings. The molecule has 0 aromatic heterocycles. The fraction of sp³-hybridized carbons (Fsp3) is 0.350. The van der Waals surface area contributed by atoms with Crippen molar-refractivity contribution in [1.82, 2.24) is 9.80 Å². The van der Waals surface area contributed by atoms with Gasteiger partial charge in [-0.3, -0.25) is 29.9 Å². The number of nitrogens with zero attached hydrogens (tertiary/aromatic N) is 4. The van der Waals surface area contributed by atoms with Gasteiger partial charge >= 0.3 is 0 Å². The average molecular weight is 414 g/mol. The second-order valence-corrected chi connectivity index (χ2v) is 7.07. The topological polar surface area (TPSA) is 119 Å². The first-order chi connectivity index (χ1) is 14.3. The lowest BCUT2D eigenvalue weighted by Gasteiger charge is -2.34. The molecule has 1 saturated heterocycles. The number of nitro groups is 2. The highest BCUT2D eigenvalue weighted by Crippen LogP contribution is 2.30. The molecule has 1 aliphatic heterocycles. The highest BCUT2D eigenvalue weighted by molar-refractivity contribution is 5.96. The van der Waals surface area contributed by atoms with E-state index in [9.17, 15) is 25.0 Å². The summed E-state index contributed by atoms with van der Waals surface area (Å²) in [4.78, 5) is 37.7. The molecular formula is C20H22N4O6. The molecule has 0 spiro atoms. The maximum Gasteiger partial charge on any atom is 0.279 e. The Bertz CT molecular complexity index is 950. The van der Waals surface area contributed by atoms with Gasteiger partial charge in [-0.15, -0.1) is 0 Å². The zero-order valence-corrected chi connectivity index (χ0v) is 16.7. The molecule has 0 aliphatic carbocycles. The summed E-state index contributed by atoms with van der Waals surface area (Å²) in [5.41, 5.74) is 0.136. The smallest absolute Gasteiger partial charge is 0.279 e. The predicted molar refractivity (Wildman–Crippen MR) is 109 cm³/mol. The second-order valence-electron chi connectivity index (χ2n) is 7.07. The van der Waals surface area contributed by atoms with Crippen LogP contribution in [0, 0.1) is 27.2 Å². The van der Waals surface area contributed by atoms with E-state index in [0.29, 0.717) is 32.7 Å². The standard InChI is InChI=1S/C20H22N4O6/c1-14-18(23(26)27)11-16(12-19(14)24(28)29)20(25)22-8-6-21(7-9-22)13-15-4-3-5-17(10-15)30-2/h3-5,10-12H,6-9,13H2,1-2H3. The summed E-state index contributed by atoms with van der Waals surface area (Å²) in [5, 5.41) is 22.5. The maximum atomic E-state index is 12.9. The van der Waals surface area contributed by atoms with Crippen LogP contribution in [0.2, 0.25) is 0 Å². The number of carbonyl (C=O) groups excluding carboxylic acids is 1. The molecule has 3 rings (SSSR count). The number of methoxy groups -OCH3 is 1. The van der Waals surface area contributed by atoms with Gasteiger partial charge < -0.3 is 9.64 Å². The van der Waals surface area contributed by atoms with Gasteiger partial charge in [0, 0.05) is 44.9 Å². The molecule has 0 atom stereocenters. The van der Waals surface area contributed by atoms with E-state index in [1.807, 2.05) is 24.3 Å². The van der Waals surface area contributed by atoms with Crippen molar-refractivity contribution >= 4 is 17.3 Å². The van der Waals surface area contributed by atoms with Crippen molar-refractivity contribution in [3.05, 3.63) is 73.3 Å². The molecule has 0 N–H and O–H groups in total. The minimum atomic E-state index is -0.703. The number of amides is 1. The fourth-order valence-corrected chi connectivity index (χ4v) is 3.51. The summed E-state index contributed by atoms with van der Waals surface area (Å²) in [6, 6.07) is 10.00. The Morgan fingerprint density at radius 3 is 2.17 bits per heavy atom. The third-order valence-corrected chi connectivity index (χ3v) is 5.19. The van der Waals surface area contributed by atoms with Gasteiger partial charge in [0.15, 0.2) is 0 Å². The predicted octanol–water partition coefficient (Wildman–Crippen LogP) is 2.78. The van der Waals surface area contributed by atoms with Gasteiger partial charge in [-0.1, -0.05) is 12.1 Å². The fourth-order valence-electron chi connectivity index (χ4n) is 3.51. The number of rotatable bonds is 6. The van der Waals surface area contributed by atoms with Crippen LogP contribution in [-0.2, 0) is 6.54 Å². The van der Waals surface area contributed by atoms with Gasteiger partial charge in [-0.05, 0) is 24.6 Å². The minimum absolute atomic E-state index is 0.0414. The molecule has 0 saturated carbocycles. The highest BCUT2D eigenvalue weighted by Gasteiger charge is 2.28. The van der Waals surface area contributed by atoms with Crippen molar-refractivity contribution in [2.24, 2.45) is 0 Å². The lowest BCUT2D eigenvalue weighted by atomic mass is 10.1. The molecule has 2 aromatic carbocycles. The van der Waals surface area contributed by atoms with Crippen LogP contribution in [0.3, 0.4) is 0 Å². The first-order valence-corrected chi connectivity index (χ1v) is 9.38. The van der Waals surface area contributed by atoms with Crippen LogP contribution in [0.1, 0.15) is 21.5 Å². The van der Waals surface area contributed by atoms with Crippen molar-refractivity contribution in [3.8, 4) is 5.75 Å². The molecule has 0 unspecified atom stereocenters. The Hall–Kier alpha value is -3.53. The molecule has 1 heterocycles. The van der Waals surface area contributed by atoms with E-state index >= 15 is 0 Å². The summed E-state index contributed by atoms with van der Waals surface area (Å²) in [6.07, 6.45) is 0. The summed E-state index contributed by atoms with van der Waals surface area (Å²) in [6.45, 7) is 4.12. The normalized spacial score (nSPS) is 14.4. The van der Waals surface area contributed by atoms with Crippen LogP contribution < -0.4 is 4.74 Å². The summed E-state index contributed by atoms with van der Waals surface area (Å²) in [7, 11) is 1.61. The second kappa shape index (κ2) is 8.87. The van der Waals surface area contributed by atoms with Crippen molar-refractivity contribution in [3.63, 3.8) is 0 Å². The molecule has 0 radical (unpaired) electrons. The summed E-state index contributed by atoms with van der Waals surface area (Å²) in [5.74, 6) is 0.339. The van der Waals surface area contributed by atoms with Gasteiger partial charge in [0.05, 0.1) is 22.5 Å². The van der Waals surface area contributed by atoms with Crippen LogP contribution in [0.4, 0.5) is 11.4 Å². The Labute approximate surface area is 173 Å². The van der Waals surface area contributed by atoms with Gasteiger partial charge in [0.2, 0.25) is 0 Å². The SMILES string of the molecule is COc1cccc(CN2CCN(C(=O)c3cc([N+](=O)[O-])c(C)c([N+](=O)[O-])c3)CC2)c1. The number of hydrogen-bond donors (Lipinski definition) is 0. The van der Waals surface area contributed by atoms with Crippen molar-refractivity contribution in [1.29, 1.82) is 0 Å². The van der Waals surface area contributed by atoms with E-state index in [4.69, 9.17) is 4.74 Å². The number of hydrogen-bond acceptors (Lipinski definition) is 7. The van der Waals surface area contributed by atoms with Gasteiger partial charge in [-0.25, -0.2) is 0 Å². The first-order valence-electron chi connectivity index (χ1n) is 9.38. The van der Waals surface area contributed by atoms with Gasteiger partial charge in [0.1, 0.15) is 11.3 Å². The number of piperazine rings is 1. The molecule has 10 nitrogen and oxygen atoms in total. The summed E-state index contributed by atoms with van der Waals surface area (Å²) >= 11 is 0. The quantitative estimate of drug-likeness (QED) is 0.526. The van der Waals surface area contributed by atoms with Crippen LogP contribution in [0.5, 0.6) is 5.75 Å². The highest BCUT2D eigenvalue weighted by atomic mass is 16.6. The van der Waals surface area contributed by atoms with E-state index < -0.39 is 27.1 Å². The molecule has 1 amide bonds. The van der Waals surface area contributed by atoms with Crippen molar-refractivity contribution in [2.45, 2.75) is 13.5 Å². The lowest BCUT2D eigenvalue weighted by molar-refractivity contribution is -0.395. The summed E-state index contributed by atoms with van der Waals surface area (Å²) < 4.78 is 5.24. The Balaban J connectivity index is 1.70. The molecule has 158 valence electrons. The molecular weight excluding hydrogens is 392 g/mol. The van der Waals surface area contributed by atoms with Crippen molar-refractivity contribution in [2.75, 3.05) is 33.3 Å². The number of carbonyl (C=O) groups is 1. The van der Waals surface area contributed by atoms with E-state index in [2.05, 4.69) is 4.90 Å². The van der Waals surface area contributed by atoms with Gasteiger partial charge in [0.25, 0.3) is 17.3 Å². The first kappa shape index (κ1) is 21.2. The van der Waals surface area contributed by atoms with E-state index in [0.717, 1.165) is 23.4 Å². The van der Waals surface area contributed by atoms with E-state index in [1.165, 1.54) is 6.92 Å². The van der Waals surface area contributed by atoms with Crippen LogP contribution in [-0.4, -0.2) is 58.8 Å². The zero-order chi connectivity index (χ0) is 21.8. The molecule has 2 aromatic rings. The largest absolute Gasteiger partial charge is 0.497 e. The van der Waals surface area contributed by atoms with E-state index in [1.54, 1.807) is 12.0 Å². The number of ether oxygens (including phenoxy) is 1. The van der Waals surface area contributed by atoms with Crippen molar-refractivity contribution < 1.29 is 19.4 Å². The monoisotopic (exact) mass is 414 g/mol. The van der Waals surface area contributed by atoms with Crippen LogP contribution >= 0.6 is 0 Å². The third kappa shape index (κ3) is 4.54.